The molecule has 24 heavy (non-hydrogen) atoms. The SMILES string of the molecule is CC(C)(C)OC(=O)NCCCCCNc1nc(F)ccc1C(=O)O. The van der Waals surface area contributed by atoms with Crippen molar-refractivity contribution in [1.29, 1.82) is 0 Å². The Hall–Kier alpha value is -2.38. The molecule has 1 aromatic rings. The fourth-order valence-electron chi connectivity index (χ4n) is 1.88. The fourth-order valence-corrected chi connectivity index (χ4v) is 1.88. The van der Waals surface area contributed by atoms with Crippen LogP contribution >= 0.6 is 0 Å². The summed E-state index contributed by atoms with van der Waals surface area (Å²) in [7, 11) is 0. The zero-order valence-corrected chi connectivity index (χ0v) is 14.2. The van der Waals surface area contributed by atoms with Crippen LogP contribution in [0.1, 0.15) is 50.4 Å². The molecule has 0 saturated carbocycles. The number of amides is 1. The van der Waals surface area contributed by atoms with Crippen molar-refractivity contribution >= 4 is 17.9 Å². The first-order valence-electron chi connectivity index (χ1n) is 7.79. The lowest BCUT2D eigenvalue weighted by Crippen LogP contribution is -2.33. The van der Waals surface area contributed by atoms with E-state index in [1.54, 1.807) is 20.8 Å². The zero-order valence-electron chi connectivity index (χ0n) is 14.2. The summed E-state index contributed by atoms with van der Waals surface area (Å²) in [5.41, 5.74) is -0.587. The Morgan fingerprint density at radius 3 is 2.50 bits per heavy atom. The Morgan fingerprint density at radius 2 is 1.88 bits per heavy atom. The highest BCUT2D eigenvalue weighted by atomic mass is 19.1. The van der Waals surface area contributed by atoms with Crippen molar-refractivity contribution < 1.29 is 23.8 Å². The van der Waals surface area contributed by atoms with Gasteiger partial charge < -0.3 is 20.5 Å². The van der Waals surface area contributed by atoms with Gasteiger partial charge in [-0.1, -0.05) is 0 Å². The minimum atomic E-state index is -1.16. The molecular weight excluding hydrogens is 317 g/mol. The van der Waals surface area contributed by atoms with Gasteiger partial charge in [0.15, 0.2) is 0 Å². The zero-order chi connectivity index (χ0) is 18.2. The third-order valence-corrected chi connectivity index (χ3v) is 2.91. The Labute approximate surface area is 140 Å². The van der Waals surface area contributed by atoms with Gasteiger partial charge in [-0.05, 0) is 52.2 Å². The van der Waals surface area contributed by atoms with Crippen molar-refractivity contribution in [2.75, 3.05) is 18.4 Å². The van der Waals surface area contributed by atoms with Gasteiger partial charge in [-0.25, -0.2) is 14.6 Å². The summed E-state index contributed by atoms with van der Waals surface area (Å²) in [6.45, 7) is 6.34. The normalized spacial score (nSPS) is 11.0. The van der Waals surface area contributed by atoms with Gasteiger partial charge in [-0.2, -0.15) is 4.39 Å². The summed E-state index contributed by atoms with van der Waals surface area (Å²) in [6, 6.07) is 2.19. The molecule has 1 heterocycles. The van der Waals surface area contributed by atoms with Crippen molar-refractivity contribution in [2.45, 2.75) is 45.6 Å². The molecule has 8 heteroatoms. The third-order valence-electron chi connectivity index (χ3n) is 2.91. The van der Waals surface area contributed by atoms with E-state index >= 15 is 0 Å². The molecule has 1 rings (SSSR count). The van der Waals surface area contributed by atoms with Crippen LogP contribution in [0.2, 0.25) is 0 Å². The van der Waals surface area contributed by atoms with Crippen LogP contribution in [0.5, 0.6) is 0 Å². The second-order valence-corrected chi connectivity index (χ2v) is 6.25. The smallest absolute Gasteiger partial charge is 0.407 e. The average molecular weight is 341 g/mol. The Kier molecular flexibility index (Phi) is 7.41. The minimum Gasteiger partial charge on any atom is -0.478 e. The van der Waals surface area contributed by atoms with E-state index in [9.17, 15) is 14.0 Å². The van der Waals surface area contributed by atoms with Gasteiger partial charge in [0, 0.05) is 13.1 Å². The van der Waals surface area contributed by atoms with Crippen molar-refractivity contribution in [1.82, 2.24) is 10.3 Å². The van der Waals surface area contributed by atoms with Crippen molar-refractivity contribution in [3.05, 3.63) is 23.6 Å². The van der Waals surface area contributed by atoms with Crippen molar-refractivity contribution in [3.63, 3.8) is 0 Å². The number of ether oxygens (including phenoxy) is 1. The average Bonchev–Trinajstić information content (AvgIpc) is 2.44. The van der Waals surface area contributed by atoms with Crippen LogP contribution < -0.4 is 10.6 Å². The number of anilines is 1. The highest BCUT2D eigenvalue weighted by Gasteiger charge is 2.15. The van der Waals surface area contributed by atoms with Gasteiger partial charge in [0.2, 0.25) is 5.95 Å². The molecule has 0 bridgehead atoms. The second kappa shape index (κ2) is 9.05. The molecule has 0 radical (unpaired) electrons. The Morgan fingerprint density at radius 1 is 1.21 bits per heavy atom. The number of alkyl carbamates (subject to hydrolysis) is 1. The van der Waals surface area contributed by atoms with Gasteiger partial charge in [-0.3, -0.25) is 0 Å². The van der Waals surface area contributed by atoms with E-state index < -0.39 is 23.6 Å². The standard InChI is InChI=1S/C16H24FN3O4/c1-16(2,3)24-15(23)19-10-6-4-5-9-18-13-11(14(21)22)7-8-12(17)20-13/h7-8H,4-6,9-10H2,1-3H3,(H,18,20)(H,19,23)(H,21,22). The molecule has 0 spiro atoms. The van der Waals surface area contributed by atoms with E-state index in [0.29, 0.717) is 13.1 Å². The largest absolute Gasteiger partial charge is 0.478 e. The van der Waals surface area contributed by atoms with Crippen LogP contribution in [-0.4, -0.2) is 40.8 Å². The maximum atomic E-state index is 13.1. The number of nitrogens with one attached hydrogen (secondary N) is 2. The molecule has 0 aliphatic heterocycles. The maximum absolute atomic E-state index is 13.1. The molecule has 3 N–H and O–H groups in total. The molecule has 0 aliphatic carbocycles. The molecule has 0 aliphatic rings. The van der Waals surface area contributed by atoms with Gasteiger partial charge in [-0.15, -0.1) is 0 Å². The monoisotopic (exact) mass is 341 g/mol. The predicted octanol–water partition coefficient (Wildman–Crippen LogP) is 3.03. The molecule has 0 aromatic carbocycles. The van der Waals surface area contributed by atoms with E-state index in [2.05, 4.69) is 15.6 Å². The quantitative estimate of drug-likeness (QED) is 0.496. The summed E-state index contributed by atoms with van der Waals surface area (Å²) in [5, 5.41) is 14.5. The van der Waals surface area contributed by atoms with E-state index in [1.807, 2.05) is 0 Å². The molecule has 7 nitrogen and oxygen atoms in total. The van der Waals surface area contributed by atoms with Crippen LogP contribution in [-0.2, 0) is 4.74 Å². The van der Waals surface area contributed by atoms with E-state index in [4.69, 9.17) is 9.84 Å². The lowest BCUT2D eigenvalue weighted by Gasteiger charge is -2.19. The van der Waals surface area contributed by atoms with Gasteiger partial charge in [0.05, 0.1) is 0 Å². The number of aromatic nitrogens is 1. The van der Waals surface area contributed by atoms with Crippen LogP contribution in [0.25, 0.3) is 0 Å². The van der Waals surface area contributed by atoms with Crippen LogP contribution in [0, 0.1) is 5.95 Å². The van der Waals surface area contributed by atoms with Crippen molar-refractivity contribution in [3.8, 4) is 0 Å². The van der Waals surface area contributed by atoms with E-state index in [0.717, 1.165) is 25.3 Å². The fraction of sp³-hybridized carbons (Fsp3) is 0.562. The number of carbonyl (C=O) groups excluding carboxylic acids is 1. The van der Waals surface area contributed by atoms with Crippen molar-refractivity contribution in [2.24, 2.45) is 0 Å². The van der Waals surface area contributed by atoms with Gasteiger partial charge in [0.1, 0.15) is 17.0 Å². The number of nitrogens with zero attached hydrogens (tertiary/aromatic N) is 1. The van der Waals surface area contributed by atoms with Crippen LogP contribution in [0.4, 0.5) is 15.0 Å². The number of carboxylic acids is 1. The minimum absolute atomic E-state index is 0.0226. The lowest BCUT2D eigenvalue weighted by molar-refractivity contribution is 0.0526. The summed E-state index contributed by atoms with van der Waals surface area (Å²) in [5.74, 6) is -1.87. The number of carbonyl (C=O) groups is 2. The number of rotatable bonds is 8. The van der Waals surface area contributed by atoms with Crippen LogP contribution in [0.3, 0.4) is 0 Å². The molecule has 0 unspecified atom stereocenters. The first-order valence-corrected chi connectivity index (χ1v) is 7.79. The number of aromatic carboxylic acids is 1. The second-order valence-electron chi connectivity index (χ2n) is 6.25. The summed E-state index contributed by atoms with van der Waals surface area (Å²) < 4.78 is 18.2. The number of hydrogen-bond acceptors (Lipinski definition) is 5. The van der Waals surface area contributed by atoms with E-state index in [-0.39, 0.29) is 11.4 Å². The third kappa shape index (κ3) is 7.75. The number of halogens is 1. The highest BCUT2D eigenvalue weighted by Crippen LogP contribution is 2.13. The number of unbranched alkanes of at least 4 members (excludes halogenated alkanes) is 2. The summed E-state index contributed by atoms with van der Waals surface area (Å²) in [6.07, 6.45) is 1.84. The molecule has 0 saturated heterocycles. The molecule has 134 valence electrons. The first kappa shape index (κ1) is 19.7. The van der Waals surface area contributed by atoms with Gasteiger partial charge in [0.25, 0.3) is 0 Å². The molecular formula is C16H24FN3O4. The summed E-state index contributed by atoms with van der Waals surface area (Å²) >= 11 is 0. The predicted molar refractivity (Wildman–Crippen MR) is 87.7 cm³/mol. The topological polar surface area (TPSA) is 101 Å². The Balaban J connectivity index is 2.22. The first-order chi connectivity index (χ1) is 11.2. The molecule has 1 aromatic heterocycles. The molecule has 0 atom stereocenters. The summed E-state index contributed by atoms with van der Waals surface area (Å²) in [4.78, 5) is 26.0. The molecule has 1 amide bonds. The number of carboxylic acid groups (broad SMARTS) is 1. The number of hydrogen-bond donors (Lipinski definition) is 3. The van der Waals surface area contributed by atoms with Crippen LogP contribution in [0.15, 0.2) is 12.1 Å². The van der Waals surface area contributed by atoms with E-state index in [1.165, 1.54) is 6.07 Å². The maximum Gasteiger partial charge on any atom is 0.407 e. The Bertz CT molecular complexity index is 573. The number of pyridine rings is 1. The molecule has 0 fully saturated rings. The lowest BCUT2D eigenvalue weighted by atomic mass is 10.2. The highest BCUT2D eigenvalue weighted by molar-refractivity contribution is 5.92. The van der Waals surface area contributed by atoms with Gasteiger partial charge >= 0.3 is 12.1 Å².